The third-order valence-corrected chi connectivity index (χ3v) is 6.49. The molecule has 2 aliphatic rings. The van der Waals surface area contributed by atoms with Gasteiger partial charge in [0.15, 0.2) is 0 Å². The van der Waals surface area contributed by atoms with E-state index in [-0.39, 0.29) is 35.7 Å². The second kappa shape index (κ2) is 6.69. The topological polar surface area (TPSA) is 84.0 Å². The van der Waals surface area contributed by atoms with Crippen LogP contribution in [0.5, 0.6) is 5.75 Å². The molecule has 2 aromatic carbocycles. The fraction of sp³-hybridized carbons (Fsp3) is 0.143. The highest BCUT2D eigenvalue weighted by Crippen LogP contribution is 2.35. The Balaban J connectivity index is 1.76. The van der Waals surface area contributed by atoms with Crippen LogP contribution in [0.4, 0.5) is 5.69 Å². The number of carbonyl (C=O) groups is 2. The van der Waals surface area contributed by atoms with Gasteiger partial charge in [-0.25, -0.2) is 12.7 Å². The summed E-state index contributed by atoms with van der Waals surface area (Å²) < 4.78 is 31.5. The largest absolute Gasteiger partial charge is 0.490 e. The predicted molar refractivity (Wildman–Crippen MR) is 105 cm³/mol. The first-order valence-electron chi connectivity index (χ1n) is 8.58. The van der Waals surface area contributed by atoms with E-state index in [2.05, 4.69) is 11.8 Å². The molecule has 0 saturated heterocycles. The Kier molecular flexibility index (Phi) is 4.30. The maximum atomic E-state index is 13.2. The number of hydrogen-bond donors (Lipinski definition) is 0. The van der Waals surface area contributed by atoms with E-state index in [0.717, 1.165) is 0 Å². The summed E-state index contributed by atoms with van der Waals surface area (Å²) >= 11 is 0. The lowest BCUT2D eigenvalue weighted by molar-refractivity contribution is 0.0881. The maximum Gasteiger partial charge on any atom is 0.269 e. The van der Waals surface area contributed by atoms with Gasteiger partial charge in [-0.2, -0.15) is 0 Å². The van der Waals surface area contributed by atoms with E-state index in [0.29, 0.717) is 21.3 Å². The van der Waals surface area contributed by atoms with Crippen molar-refractivity contribution >= 4 is 27.5 Å². The van der Waals surface area contributed by atoms with Gasteiger partial charge in [0.2, 0.25) is 0 Å². The molecule has 0 aromatic heterocycles. The molecule has 0 saturated carbocycles. The van der Waals surface area contributed by atoms with Crippen molar-refractivity contribution in [3.05, 3.63) is 53.1 Å². The number of rotatable bonds is 2. The Morgan fingerprint density at radius 1 is 1.17 bits per heavy atom. The van der Waals surface area contributed by atoms with Gasteiger partial charge in [0.05, 0.1) is 24.3 Å². The van der Waals surface area contributed by atoms with Crippen molar-refractivity contribution in [3.63, 3.8) is 0 Å². The van der Waals surface area contributed by atoms with Crippen LogP contribution in [0.1, 0.15) is 26.3 Å². The molecule has 4 rings (SSSR count). The minimum absolute atomic E-state index is 0.00574. The Morgan fingerprint density at radius 2 is 1.97 bits per heavy atom. The minimum atomic E-state index is -4.10. The van der Waals surface area contributed by atoms with Crippen LogP contribution in [-0.2, 0) is 10.0 Å². The van der Waals surface area contributed by atoms with Crippen LogP contribution in [-0.4, -0.2) is 44.2 Å². The molecule has 2 aromatic rings. The van der Waals surface area contributed by atoms with Crippen LogP contribution >= 0.6 is 0 Å². The van der Waals surface area contributed by atoms with Crippen molar-refractivity contribution in [2.75, 3.05) is 24.6 Å². The lowest BCUT2D eigenvalue weighted by atomic mass is 10.1. The molecule has 0 atom stereocenters. The van der Waals surface area contributed by atoms with Crippen molar-refractivity contribution in [1.82, 2.24) is 4.31 Å². The first kappa shape index (κ1) is 18.6. The third-order valence-electron chi connectivity index (χ3n) is 4.72. The standard InChI is InChI=1S/C21H14N2O5S/c1-3-9-23-21(25)16-7-6-15(13-19(16)29(23,26)27)20(24)22-10-11-28-18-8-5-14(4-2)12-17(18)22/h1-2,5-8,12-13H,9-11H2. The number of anilines is 1. The van der Waals surface area contributed by atoms with Crippen LogP contribution in [0.25, 0.3) is 0 Å². The average Bonchev–Trinajstić information content (AvgIpc) is 2.93. The smallest absolute Gasteiger partial charge is 0.269 e. The number of terminal acetylenes is 2. The van der Waals surface area contributed by atoms with Crippen LogP contribution in [0.2, 0.25) is 0 Å². The van der Waals surface area contributed by atoms with E-state index in [4.69, 9.17) is 17.6 Å². The number of carbonyl (C=O) groups excluding carboxylic acids is 2. The van der Waals surface area contributed by atoms with E-state index < -0.39 is 21.8 Å². The lowest BCUT2D eigenvalue weighted by Crippen LogP contribution is -2.38. The average molecular weight is 406 g/mol. The molecular formula is C21H14N2O5S. The molecule has 2 amide bonds. The second-order valence-corrected chi connectivity index (χ2v) is 8.19. The summed E-state index contributed by atoms with van der Waals surface area (Å²) in [6.45, 7) is 0.183. The van der Waals surface area contributed by atoms with Crippen molar-refractivity contribution in [2.24, 2.45) is 0 Å². The van der Waals surface area contributed by atoms with Gasteiger partial charge < -0.3 is 9.64 Å². The molecule has 2 aliphatic heterocycles. The molecule has 8 heteroatoms. The van der Waals surface area contributed by atoms with Gasteiger partial charge in [-0.1, -0.05) is 11.8 Å². The van der Waals surface area contributed by atoms with Gasteiger partial charge >= 0.3 is 0 Å². The highest BCUT2D eigenvalue weighted by molar-refractivity contribution is 7.90. The van der Waals surface area contributed by atoms with Gasteiger partial charge in [-0.15, -0.1) is 12.8 Å². The molecule has 0 spiro atoms. The van der Waals surface area contributed by atoms with Crippen LogP contribution in [0, 0.1) is 24.7 Å². The summed E-state index contributed by atoms with van der Waals surface area (Å²) in [5.74, 6) is 4.05. The summed E-state index contributed by atoms with van der Waals surface area (Å²) in [6, 6.07) is 9.02. The SMILES string of the molecule is C#CCN1C(=O)c2ccc(C(=O)N3CCOc4ccc(C#C)cc43)cc2S1(=O)=O. The number of hydrogen-bond acceptors (Lipinski definition) is 5. The molecule has 7 nitrogen and oxygen atoms in total. The van der Waals surface area contributed by atoms with E-state index in [1.165, 1.54) is 23.1 Å². The number of amides is 2. The van der Waals surface area contributed by atoms with Gasteiger partial charge in [0, 0.05) is 11.1 Å². The number of ether oxygens (including phenoxy) is 1. The van der Waals surface area contributed by atoms with Crippen LogP contribution < -0.4 is 9.64 Å². The number of sulfonamides is 1. The van der Waals surface area contributed by atoms with Gasteiger partial charge in [-0.05, 0) is 36.4 Å². The lowest BCUT2D eigenvalue weighted by Gasteiger charge is -2.29. The number of fused-ring (bicyclic) bond motifs is 2. The molecule has 0 fully saturated rings. The Hall–Kier alpha value is -3.75. The maximum absolute atomic E-state index is 13.2. The van der Waals surface area contributed by atoms with E-state index in [1.807, 2.05) is 0 Å². The van der Waals surface area contributed by atoms with Gasteiger partial charge in [0.25, 0.3) is 21.8 Å². The highest BCUT2D eigenvalue weighted by Gasteiger charge is 2.41. The molecule has 0 radical (unpaired) electrons. The fourth-order valence-electron chi connectivity index (χ4n) is 3.32. The third kappa shape index (κ3) is 2.82. The summed E-state index contributed by atoms with van der Waals surface area (Å²) in [4.78, 5) is 26.7. The molecule has 0 aliphatic carbocycles. The molecule has 2 heterocycles. The zero-order chi connectivity index (χ0) is 20.8. The quantitative estimate of drug-likeness (QED) is 0.706. The summed E-state index contributed by atoms with van der Waals surface area (Å²) in [7, 11) is -4.10. The highest BCUT2D eigenvalue weighted by atomic mass is 32.2. The predicted octanol–water partition coefficient (Wildman–Crippen LogP) is 1.48. The van der Waals surface area contributed by atoms with E-state index in [9.17, 15) is 18.0 Å². The summed E-state index contributed by atoms with van der Waals surface area (Å²) in [6.07, 6.45) is 10.6. The van der Waals surface area contributed by atoms with Crippen molar-refractivity contribution < 1.29 is 22.7 Å². The fourth-order valence-corrected chi connectivity index (χ4v) is 4.83. The van der Waals surface area contributed by atoms with Crippen LogP contribution in [0.15, 0.2) is 41.3 Å². The zero-order valence-electron chi connectivity index (χ0n) is 15.1. The normalized spacial score (nSPS) is 16.3. The molecule has 0 unspecified atom stereocenters. The van der Waals surface area contributed by atoms with Gasteiger partial charge in [0.1, 0.15) is 17.3 Å². The minimum Gasteiger partial charge on any atom is -0.490 e. The Bertz CT molecular complexity index is 1250. The zero-order valence-corrected chi connectivity index (χ0v) is 15.9. The monoisotopic (exact) mass is 406 g/mol. The number of benzene rings is 2. The Labute approximate surface area is 167 Å². The second-order valence-electron chi connectivity index (χ2n) is 6.36. The first-order valence-corrected chi connectivity index (χ1v) is 10.0. The Morgan fingerprint density at radius 3 is 2.69 bits per heavy atom. The molecule has 144 valence electrons. The van der Waals surface area contributed by atoms with E-state index in [1.54, 1.807) is 18.2 Å². The van der Waals surface area contributed by atoms with E-state index >= 15 is 0 Å². The van der Waals surface area contributed by atoms with Gasteiger partial charge in [-0.3, -0.25) is 9.59 Å². The molecule has 29 heavy (non-hydrogen) atoms. The molecule has 0 bridgehead atoms. The summed E-state index contributed by atoms with van der Waals surface area (Å²) in [5, 5.41) is 0. The molecule has 0 N–H and O–H groups in total. The molecular weight excluding hydrogens is 392 g/mol. The van der Waals surface area contributed by atoms with Crippen molar-refractivity contribution in [2.45, 2.75) is 4.90 Å². The van der Waals surface area contributed by atoms with Crippen molar-refractivity contribution in [1.29, 1.82) is 0 Å². The first-order chi connectivity index (χ1) is 13.9. The van der Waals surface area contributed by atoms with Crippen molar-refractivity contribution in [3.8, 4) is 30.4 Å². The summed E-state index contributed by atoms with van der Waals surface area (Å²) in [5.41, 5.74) is 1.21. The van der Waals surface area contributed by atoms with Crippen LogP contribution in [0.3, 0.4) is 0 Å². The number of nitrogens with zero attached hydrogens (tertiary/aromatic N) is 2.